The van der Waals surface area contributed by atoms with Gasteiger partial charge >= 0.3 is 0 Å². The number of likely N-dealkylation sites (N-methyl/N-ethyl adjacent to an activating group) is 1. The van der Waals surface area contributed by atoms with E-state index in [9.17, 15) is 4.39 Å². The number of halogens is 1. The van der Waals surface area contributed by atoms with Crippen molar-refractivity contribution >= 4 is 11.3 Å². The molecule has 3 rings (SSSR count). The lowest BCUT2D eigenvalue weighted by Crippen LogP contribution is -2.38. The van der Waals surface area contributed by atoms with Gasteiger partial charge < -0.3 is 4.90 Å². The minimum Gasteiger partial charge on any atom is -0.300 e. The molecule has 1 aliphatic rings. The summed E-state index contributed by atoms with van der Waals surface area (Å²) in [6, 6.07) is 0.230. The smallest absolute Gasteiger partial charge is 0.115 e. The van der Waals surface area contributed by atoms with Gasteiger partial charge in [-0.1, -0.05) is 0 Å². The number of alkyl halides is 1. The molecular formula is C15H20FN5S. The molecule has 0 amide bonds. The van der Waals surface area contributed by atoms with Crippen LogP contribution in [0.1, 0.15) is 17.0 Å². The molecule has 0 spiro atoms. The third-order valence-electron chi connectivity index (χ3n) is 3.89. The van der Waals surface area contributed by atoms with Crippen molar-refractivity contribution < 1.29 is 4.39 Å². The van der Waals surface area contributed by atoms with E-state index in [0.717, 1.165) is 30.2 Å². The number of hydrogen-bond acceptors (Lipinski definition) is 6. The third-order valence-corrected chi connectivity index (χ3v) is 4.65. The SMILES string of the molecule is CN(Cc1cncnc1)C[C@@H]1C[C@H](F)CN1Cc1nccs1. The minimum atomic E-state index is -0.738. The van der Waals surface area contributed by atoms with Gasteiger partial charge in [-0.25, -0.2) is 19.3 Å². The molecule has 0 saturated carbocycles. The lowest BCUT2D eigenvalue weighted by Gasteiger charge is -2.27. The first-order valence-corrected chi connectivity index (χ1v) is 8.27. The maximum atomic E-state index is 13.8. The van der Waals surface area contributed by atoms with Crippen molar-refractivity contribution in [2.45, 2.75) is 31.7 Å². The second-order valence-corrected chi connectivity index (χ2v) is 6.76. The number of rotatable bonds is 6. The van der Waals surface area contributed by atoms with Gasteiger partial charge in [0.15, 0.2) is 0 Å². The van der Waals surface area contributed by atoms with E-state index in [1.165, 1.54) is 6.33 Å². The van der Waals surface area contributed by atoms with Crippen LogP contribution in [-0.4, -0.2) is 57.1 Å². The summed E-state index contributed by atoms with van der Waals surface area (Å²) in [6.07, 6.45) is 6.84. The van der Waals surface area contributed by atoms with Gasteiger partial charge in [0.25, 0.3) is 0 Å². The van der Waals surface area contributed by atoms with Crippen molar-refractivity contribution in [1.29, 1.82) is 0 Å². The molecule has 0 bridgehead atoms. The van der Waals surface area contributed by atoms with Crippen LogP contribution in [0.5, 0.6) is 0 Å². The fourth-order valence-corrected chi connectivity index (χ4v) is 3.60. The highest BCUT2D eigenvalue weighted by Crippen LogP contribution is 2.24. The van der Waals surface area contributed by atoms with Crippen molar-refractivity contribution in [3.8, 4) is 0 Å². The van der Waals surface area contributed by atoms with Gasteiger partial charge in [-0.3, -0.25) is 4.90 Å². The Bertz CT molecular complexity index is 565. The summed E-state index contributed by atoms with van der Waals surface area (Å²) >= 11 is 1.63. The Labute approximate surface area is 133 Å². The average molecular weight is 321 g/mol. The molecule has 1 saturated heterocycles. The van der Waals surface area contributed by atoms with Crippen LogP contribution in [-0.2, 0) is 13.1 Å². The molecule has 2 aromatic heterocycles. The molecule has 5 nitrogen and oxygen atoms in total. The van der Waals surface area contributed by atoms with Crippen LogP contribution < -0.4 is 0 Å². The molecule has 7 heteroatoms. The van der Waals surface area contributed by atoms with Crippen LogP contribution in [0.3, 0.4) is 0 Å². The average Bonchev–Trinajstić information content (AvgIpc) is 3.11. The highest BCUT2D eigenvalue weighted by atomic mass is 32.1. The number of aromatic nitrogens is 3. The predicted octanol–water partition coefficient (Wildman–Crippen LogP) is 1.98. The number of likely N-dealkylation sites (tertiary alicyclic amines) is 1. The molecule has 0 radical (unpaired) electrons. The summed E-state index contributed by atoms with van der Waals surface area (Å²) in [7, 11) is 2.06. The summed E-state index contributed by atoms with van der Waals surface area (Å²) in [5, 5.41) is 3.02. The number of hydrogen-bond donors (Lipinski definition) is 0. The Balaban J connectivity index is 1.57. The van der Waals surface area contributed by atoms with Crippen molar-refractivity contribution in [3.63, 3.8) is 0 Å². The first-order valence-electron chi connectivity index (χ1n) is 7.39. The number of thiazole rings is 1. The zero-order chi connectivity index (χ0) is 15.4. The van der Waals surface area contributed by atoms with E-state index in [4.69, 9.17) is 0 Å². The van der Waals surface area contributed by atoms with Gasteiger partial charge in [-0.2, -0.15) is 0 Å². The zero-order valence-electron chi connectivity index (χ0n) is 12.6. The maximum absolute atomic E-state index is 13.8. The standard InChI is InChI=1S/C15H20FN5S/c1-20(7-12-5-17-11-18-6-12)9-14-4-13(16)8-21(14)10-15-19-2-3-22-15/h2-3,5-6,11,13-14H,4,7-10H2,1H3/t13-,14-/m0/s1. The molecule has 0 aromatic carbocycles. The largest absolute Gasteiger partial charge is 0.300 e. The molecule has 118 valence electrons. The second-order valence-electron chi connectivity index (χ2n) is 5.79. The fraction of sp³-hybridized carbons (Fsp3) is 0.533. The first-order chi connectivity index (χ1) is 10.7. The molecule has 22 heavy (non-hydrogen) atoms. The summed E-state index contributed by atoms with van der Waals surface area (Å²) in [5.41, 5.74) is 1.08. The first kappa shape index (κ1) is 15.5. The van der Waals surface area contributed by atoms with Crippen LogP contribution in [0, 0.1) is 0 Å². The molecule has 0 N–H and O–H groups in total. The molecule has 2 atom stereocenters. The minimum absolute atomic E-state index is 0.230. The highest BCUT2D eigenvalue weighted by molar-refractivity contribution is 7.09. The van der Waals surface area contributed by atoms with Crippen LogP contribution in [0.4, 0.5) is 4.39 Å². The molecule has 3 heterocycles. The molecule has 0 unspecified atom stereocenters. The van der Waals surface area contributed by atoms with E-state index in [1.807, 2.05) is 17.8 Å². The molecule has 1 aliphatic heterocycles. The van der Waals surface area contributed by atoms with E-state index in [-0.39, 0.29) is 6.04 Å². The van der Waals surface area contributed by atoms with Crippen molar-refractivity contribution in [1.82, 2.24) is 24.8 Å². The lowest BCUT2D eigenvalue weighted by atomic mass is 10.2. The number of nitrogens with zero attached hydrogens (tertiary/aromatic N) is 5. The molecule has 1 fully saturated rings. The summed E-state index contributed by atoms with van der Waals surface area (Å²) in [6.45, 7) is 2.86. The molecule has 0 aliphatic carbocycles. The van der Waals surface area contributed by atoms with Gasteiger partial charge in [0.2, 0.25) is 0 Å². The van der Waals surface area contributed by atoms with Gasteiger partial charge in [0.05, 0.1) is 6.54 Å². The van der Waals surface area contributed by atoms with E-state index in [1.54, 1.807) is 17.5 Å². The van der Waals surface area contributed by atoms with E-state index < -0.39 is 6.17 Å². The van der Waals surface area contributed by atoms with Gasteiger partial charge in [-0.15, -0.1) is 11.3 Å². The predicted molar refractivity (Wildman–Crippen MR) is 84.2 cm³/mol. The monoisotopic (exact) mass is 321 g/mol. The van der Waals surface area contributed by atoms with Crippen LogP contribution in [0.25, 0.3) is 0 Å². The van der Waals surface area contributed by atoms with Gasteiger partial charge in [0.1, 0.15) is 17.5 Å². The van der Waals surface area contributed by atoms with E-state index in [0.29, 0.717) is 13.0 Å². The summed E-state index contributed by atoms with van der Waals surface area (Å²) < 4.78 is 13.8. The Morgan fingerprint density at radius 2 is 2.23 bits per heavy atom. The van der Waals surface area contributed by atoms with Crippen LogP contribution in [0.15, 0.2) is 30.3 Å². The normalized spacial score (nSPS) is 22.5. The van der Waals surface area contributed by atoms with Crippen molar-refractivity contribution in [2.75, 3.05) is 20.1 Å². The summed E-state index contributed by atoms with van der Waals surface area (Å²) in [5.74, 6) is 0. The maximum Gasteiger partial charge on any atom is 0.115 e. The molecular weight excluding hydrogens is 301 g/mol. The summed E-state index contributed by atoms with van der Waals surface area (Å²) in [4.78, 5) is 16.8. The van der Waals surface area contributed by atoms with Gasteiger partial charge in [0, 0.05) is 55.2 Å². The third kappa shape index (κ3) is 4.06. The van der Waals surface area contributed by atoms with Crippen LogP contribution in [0.2, 0.25) is 0 Å². The zero-order valence-corrected chi connectivity index (χ0v) is 13.4. The van der Waals surface area contributed by atoms with E-state index in [2.05, 4.69) is 31.8 Å². The Hall–Kier alpha value is -1.44. The van der Waals surface area contributed by atoms with Crippen molar-refractivity contribution in [2.24, 2.45) is 0 Å². The topological polar surface area (TPSA) is 45.2 Å². The quantitative estimate of drug-likeness (QED) is 0.814. The van der Waals surface area contributed by atoms with Crippen molar-refractivity contribution in [3.05, 3.63) is 40.9 Å². The fourth-order valence-electron chi connectivity index (χ4n) is 2.96. The van der Waals surface area contributed by atoms with Crippen LogP contribution >= 0.6 is 11.3 Å². The van der Waals surface area contributed by atoms with E-state index >= 15 is 0 Å². The van der Waals surface area contributed by atoms with Gasteiger partial charge in [-0.05, 0) is 13.5 Å². The Morgan fingerprint density at radius 1 is 1.41 bits per heavy atom. The Morgan fingerprint density at radius 3 is 2.95 bits per heavy atom. The Kier molecular flexibility index (Phi) is 5.07. The highest BCUT2D eigenvalue weighted by Gasteiger charge is 2.33. The lowest BCUT2D eigenvalue weighted by molar-refractivity contribution is 0.180. The second kappa shape index (κ2) is 7.21. The molecule has 2 aromatic rings.